The highest BCUT2D eigenvalue weighted by Gasteiger charge is 2.21. The second-order valence-electron chi connectivity index (χ2n) is 4.61. The molecule has 1 unspecified atom stereocenters. The summed E-state index contributed by atoms with van der Waals surface area (Å²) in [4.78, 5) is 12.0. The number of carbonyl (C=O) groups excluding carboxylic acids is 1. The van der Waals surface area contributed by atoms with Crippen LogP contribution in [0.3, 0.4) is 0 Å². The van der Waals surface area contributed by atoms with E-state index in [4.69, 9.17) is 10.5 Å². The number of nitrogens with two attached hydrogens (primary N) is 1. The summed E-state index contributed by atoms with van der Waals surface area (Å²) in [6, 6.07) is 5.64. The number of aryl methyl sites for hydroxylation is 1. The maximum Gasteiger partial charge on any atom is 0.253 e. The first-order chi connectivity index (χ1) is 8.70. The Morgan fingerprint density at radius 2 is 2.33 bits per heavy atom. The molecule has 0 aromatic heterocycles. The Balaban J connectivity index is 2.00. The molecule has 1 heterocycles. The molecule has 1 aliphatic heterocycles. The predicted molar refractivity (Wildman–Crippen MR) is 72.5 cm³/mol. The van der Waals surface area contributed by atoms with Crippen LogP contribution in [0, 0.1) is 0 Å². The number of ether oxygens (including phenoxy) is 1. The SMILES string of the molecule is CCc1ccc(NC(=O)C2CCCCO2)cc1N. The van der Waals surface area contributed by atoms with Gasteiger partial charge in [-0.15, -0.1) is 0 Å². The van der Waals surface area contributed by atoms with Gasteiger partial charge in [0, 0.05) is 18.0 Å². The first-order valence-electron chi connectivity index (χ1n) is 6.51. The summed E-state index contributed by atoms with van der Waals surface area (Å²) >= 11 is 0. The number of rotatable bonds is 3. The molecule has 1 aliphatic rings. The molecular weight excluding hydrogens is 228 g/mol. The molecular formula is C14H20N2O2. The zero-order valence-corrected chi connectivity index (χ0v) is 10.7. The second kappa shape index (κ2) is 5.87. The van der Waals surface area contributed by atoms with Crippen molar-refractivity contribution in [1.29, 1.82) is 0 Å². The molecule has 0 saturated carbocycles. The number of hydrogen-bond donors (Lipinski definition) is 2. The molecule has 0 radical (unpaired) electrons. The maximum absolute atomic E-state index is 12.0. The lowest BCUT2D eigenvalue weighted by Crippen LogP contribution is -2.33. The Morgan fingerprint density at radius 1 is 1.50 bits per heavy atom. The van der Waals surface area contributed by atoms with E-state index >= 15 is 0 Å². The van der Waals surface area contributed by atoms with Gasteiger partial charge in [0.25, 0.3) is 5.91 Å². The minimum atomic E-state index is -0.314. The number of anilines is 2. The van der Waals surface area contributed by atoms with E-state index in [0.717, 1.165) is 42.6 Å². The highest BCUT2D eigenvalue weighted by molar-refractivity contribution is 5.94. The van der Waals surface area contributed by atoms with Crippen molar-refractivity contribution in [3.8, 4) is 0 Å². The van der Waals surface area contributed by atoms with Gasteiger partial charge in [0.05, 0.1) is 0 Å². The number of nitrogen functional groups attached to an aromatic ring is 1. The summed E-state index contributed by atoms with van der Waals surface area (Å²) in [5.41, 5.74) is 8.46. The molecule has 1 amide bonds. The van der Waals surface area contributed by atoms with Gasteiger partial charge in [-0.3, -0.25) is 4.79 Å². The van der Waals surface area contributed by atoms with Gasteiger partial charge in [0.2, 0.25) is 0 Å². The monoisotopic (exact) mass is 248 g/mol. The van der Waals surface area contributed by atoms with E-state index in [2.05, 4.69) is 12.2 Å². The van der Waals surface area contributed by atoms with Crippen molar-refractivity contribution < 1.29 is 9.53 Å². The molecule has 3 N–H and O–H groups in total. The van der Waals surface area contributed by atoms with Crippen molar-refractivity contribution in [2.24, 2.45) is 0 Å². The largest absolute Gasteiger partial charge is 0.398 e. The van der Waals surface area contributed by atoms with E-state index in [0.29, 0.717) is 6.61 Å². The van der Waals surface area contributed by atoms with Gasteiger partial charge < -0.3 is 15.8 Å². The van der Waals surface area contributed by atoms with E-state index in [9.17, 15) is 4.79 Å². The van der Waals surface area contributed by atoms with Gasteiger partial charge in [-0.1, -0.05) is 13.0 Å². The third-order valence-electron chi connectivity index (χ3n) is 3.27. The van der Waals surface area contributed by atoms with Crippen molar-refractivity contribution in [1.82, 2.24) is 0 Å². The van der Waals surface area contributed by atoms with Gasteiger partial charge in [-0.05, 0) is 43.4 Å². The fourth-order valence-electron chi connectivity index (χ4n) is 2.16. The molecule has 1 aromatic rings. The highest BCUT2D eigenvalue weighted by Crippen LogP contribution is 2.20. The molecule has 2 rings (SSSR count). The Morgan fingerprint density at radius 3 is 2.94 bits per heavy atom. The number of nitrogens with one attached hydrogen (secondary N) is 1. The van der Waals surface area contributed by atoms with Gasteiger partial charge in [0.15, 0.2) is 0 Å². The summed E-state index contributed by atoms with van der Waals surface area (Å²) < 4.78 is 5.44. The third-order valence-corrected chi connectivity index (χ3v) is 3.27. The molecule has 4 nitrogen and oxygen atoms in total. The molecule has 1 aromatic carbocycles. The van der Waals surface area contributed by atoms with Gasteiger partial charge in [-0.2, -0.15) is 0 Å². The molecule has 4 heteroatoms. The predicted octanol–water partition coefficient (Wildman–Crippen LogP) is 2.34. The van der Waals surface area contributed by atoms with E-state index in [1.54, 1.807) is 6.07 Å². The van der Waals surface area contributed by atoms with Crippen molar-refractivity contribution in [2.45, 2.75) is 38.7 Å². The van der Waals surface area contributed by atoms with Crippen molar-refractivity contribution in [3.63, 3.8) is 0 Å². The molecule has 0 spiro atoms. The molecule has 18 heavy (non-hydrogen) atoms. The van der Waals surface area contributed by atoms with Crippen LogP contribution in [0.25, 0.3) is 0 Å². The van der Waals surface area contributed by atoms with Gasteiger partial charge in [0.1, 0.15) is 6.10 Å². The van der Waals surface area contributed by atoms with Crippen molar-refractivity contribution >= 4 is 17.3 Å². The number of amides is 1. The van der Waals surface area contributed by atoms with E-state index in [-0.39, 0.29) is 12.0 Å². The smallest absolute Gasteiger partial charge is 0.253 e. The fraction of sp³-hybridized carbons (Fsp3) is 0.500. The third kappa shape index (κ3) is 3.01. The maximum atomic E-state index is 12.0. The van der Waals surface area contributed by atoms with E-state index in [1.165, 1.54) is 0 Å². The van der Waals surface area contributed by atoms with E-state index < -0.39 is 0 Å². The van der Waals surface area contributed by atoms with Crippen molar-refractivity contribution in [3.05, 3.63) is 23.8 Å². The summed E-state index contributed by atoms with van der Waals surface area (Å²) in [5, 5.41) is 2.86. The lowest BCUT2D eigenvalue weighted by molar-refractivity contribution is -0.129. The Kier molecular flexibility index (Phi) is 4.20. The summed E-state index contributed by atoms with van der Waals surface area (Å²) in [5.74, 6) is -0.0710. The summed E-state index contributed by atoms with van der Waals surface area (Å²) in [7, 11) is 0. The standard InChI is InChI=1S/C14H20N2O2/c1-2-10-6-7-11(9-12(10)15)16-14(17)13-5-3-4-8-18-13/h6-7,9,13H,2-5,8,15H2,1H3,(H,16,17). The quantitative estimate of drug-likeness (QED) is 0.807. The number of carbonyl (C=O) groups is 1. The number of hydrogen-bond acceptors (Lipinski definition) is 3. The molecule has 0 aliphatic carbocycles. The molecule has 1 atom stereocenters. The van der Waals surface area contributed by atoms with E-state index in [1.807, 2.05) is 12.1 Å². The van der Waals surface area contributed by atoms with Crippen LogP contribution in [0.2, 0.25) is 0 Å². The van der Waals surface area contributed by atoms with Crippen LogP contribution in [-0.4, -0.2) is 18.6 Å². The summed E-state index contributed by atoms with van der Waals surface area (Å²) in [6.45, 7) is 2.73. The van der Waals surface area contributed by atoms with Gasteiger partial charge in [-0.25, -0.2) is 0 Å². The first kappa shape index (κ1) is 12.9. The Hall–Kier alpha value is -1.55. The van der Waals surface area contributed by atoms with Crippen LogP contribution in [0.15, 0.2) is 18.2 Å². The normalized spacial score (nSPS) is 19.5. The zero-order valence-electron chi connectivity index (χ0n) is 10.7. The van der Waals surface area contributed by atoms with Crippen LogP contribution in [-0.2, 0) is 16.0 Å². The Bertz CT molecular complexity index is 426. The molecule has 0 bridgehead atoms. The Labute approximate surface area is 108 Å². The molecule has 1 saturated heterocycles. The molecule has 98 valence electrons. The minimum Gasteiger partial charge on any atom is -0.398 e. The summed E-state index contributed by atoms with van der Waals surface area (Å²) in [6.07, 6.45) is 3.47. The molecule has 1 fully saturated rings. The van der Waals surface area contributed by atoms with Gasteiger partial charge >= 0.3 is 0 Å². The lowest BCUT2D eigenvalue weighted by Gasteiger charge is -2.21. The zero-order chi connectivity index (χ0) is 13.0. The second-order valence-corrected chi connectivity index (χ2v) is 4.61. The first-order valence-corrected chi connectivity index (χ1v) is 6.51. The van der Waals surface area contributed by atoms with Crippen LogP contribution >= 0.6 is 0 Å². The highest BCUT2D eigenvalue weighted by atomic mass is 16.5. The van der Waals surface area contributed by atoms with Crippen LogP contribution in [0.5, 0.6) is 0 Å². The fourth-order valence-corrected chi connectivity index (χ4v) is 2.16. The average Bonchev–Trinajstić information content (AvgIpc) is 2.40. The minimum absolute atomic E-state index is 0.0710. The average molecular weight is 248 g/mol. The van der Waals surface area contributed by atoms with Crippen LogP contribution in [0.4, 0.5) is 11.4 Å². The number of benzene rings is 1. The van der Waals surface area contributed by atoms with Crippen molar-refractivity contribution in [2.75, 3.05) is 17.7 Å². The lowest BCUT2D eigenvalue weighted by atomic mass is 10.1. The van der Waals surface area contributed by atoms with Crippen LogP contribution in [0.1, 0.15) is 31.7 Å². The van der Waals surface area contributed by atoms with Crippen LogP contribution < -0.4 is 11.1 Å². The topological polar surface area (TPSA) is 64.3 Å².